The Kier molecular flexibility index (Phi) is 5.74. The number of hydrogen-bond acceptors (Lipinski definition) is 4. The molecule has 0 bridgehead atoms. The second kappa shape index (κ2) is 7.32. The minimum atomic E-state index is -1.07. The molecule has 2 amide bonds. The van der Waals surface area contributed by atoms with Crippen molar-refractivity contribution in [3.05, 3.63) is 29.6 Å². The Bertz CT molecular complexity index is 433. The molecule has 0 aliphatic carbocycles. The molecule has 7 heteroatoms. The molecule has 0 aliphatic rings. The highest BCUT2D eigenvalue weighted by atomic mass is 16.4. The molecule has 1 aromatic rings. The highest BCUT2D eigenvalue weighted by molar-refractivity contribution is 5.85. The number of hydrogen-bond donors (Lipinski definition) is 3. The molecule has 1 rings (SSSR count). The van der Waals surface area contributed by atoms with E-state index >= 15 is 0 Å². The number of likely N-dealkylation sites (N-methyl/N-ethyl adjacent to an activating group) is 2. The summed E-state index contributed by atoms with van der Waals surface area (Å²) in [4.78, 5) is 27.6. The Morgan fingerprint density at radius 2 is 2.16 bits per heavy atom. The van der Waals surface area contributed by atoms with E-state index in [0.29, 0.717) is 13.1 Å². The van der Waals surface area contributed by atoms with Gasteiger partial charge in [0.2, 0.25) is 0 Å². The van der Waals surface area contributed by atoms with E-state index in [2.05, 4.69) is 15.6 Å². The lowest BCUT2D eigenvalue weighted by atomic mass is 10.2. The Labute approximate surface area is 111 Å². The van der Waals surface area contributed by atoms with Gasteiger partial charge in [-0.05, 0) is 18.7 Å². The number of carbonyl (C=O) groups is 2. The Morgan fingerprint density at radius 3 is 2.68 bits per heavy atom. The molecule has 104 valence electrons. The number of carboxylic acids is 1. The van der Waals surface area contributed by atoms with Gasteiger partial charge in [-0.1, -0.05) is 6.07 Å². The highest BCUT2D eigenvalue weighted by Crippen LogP contribution is 2.00. The lowest BCUT2D eigenvalue weighted by molar-refractivity contribution is 0.0690. The summed E-state index contributed by atoms with van der Waals surface area (Å²) in [6.45, 7) is 1.65. The van der Waals surface area contributed by atoms with Gasteiger partial charge in [0.1, 0.15) is 5.69 Å². The van der Waals surface area contributed by atoms with E-state index in [4.69, 9.17) is 5.11 Å². The van der Waals surface area contributed by atoms with Crippen LogP contribution in [0.1, 0.15) is 16.1 Å². The van der Waals surface area contributed by atoms with Gasteiger partial charge in [-0.15, -0.1) is 0 Å². The molecule has 3 N–H and O–H groups in total. The van der Waals surface area contributed by atoms with Gasteiger partial charge in [0.15, 0.2) is 0 Å². The van der Waals surface area contributed by atoms with E-state index in [1.54, 1.807) is 18.0 Å². The van der Waals surface area contributed by atoms with E-state index in [1.165, 1.54) is 12.3 Å². The smallest absolute Gasteiger partial charge is 0.354 e. The average molecular weight is 266 g/mol. The van der Waals surface area contributed by atoms with Gasteiger partial charge in [-0.3, -0.25) is 0 Å². The lowest BCUT2D eigenvalue weighted by Gasteiger charge is -2.17. The van der Waals surface area contributed by atoms with Crippen LogP contribution in [0, 0.1) is 0 Å². The maximum atomic E-state index is 11.7. The van der Waals surface area contributed by atoms with Crippen molar-refractivity contribution < 1.29 is 14.7 Å². The van der Waals surface area contributed by atoms with Crippen LogP contribution in [0.5, 0.6) is 0 Å². The third kappa shape index (κ3) is 4.92. The second-order valence-corrected chi connectivity index (χ2v) is 4.04. The number of urea groups is 1. The zero-order valence-corrected chi connectivity index (χ0v) is 11.0. The molecule has 0 unspecified atom stereocenters. The third-order valence-corrected chi connectivity index (χ3v) is 2.53. The number of aromatic carboxylic acids is 1. The molecule has 0 spiro atoms. The largest absolute Gasteiger partial charge is 0.477 e. The van der Waals surface area contributed by atoms with Crippen LogP contribution < -0.4 is 10.6 Å². The van der Waals surface area contributed by atoms with Crippen molar-refractivity contribution in [3.63, 3.8) is 0 Å². The molecular weight excluding hydrogens is 248 g/mol. The molecule has 0 saturated carbocycles. The summed E-state index contributed by atoms with van der Waals surface area (Å²) in [5.41, 5.74) is 0.738. The topological polar surface area (TPSA) is 94.6 Å². The van der Waals surface area contributed by atoms with Crippen LogP contribution in [-0.2, 0) is 6.54 Å². The summed E-state index contributed by atoms with van der Waals surface area (Å²) in [5, 5.41) is 14.4. The number of rotatable bonds is 6. The standard InChI is InChI=1S/C12H18N4O3/c1-13-5-6-16(2)12(19)15-8-9-3-4-10(11(17)18)14-7-9/h3-4,7,13H,5-6,8H2,1-2H3,(H,15,19)(H,17,18). The molecule has 7 nitrogen and oxygen atoms in total. The molecule has 0 atom stereocenters. The van der Waals surface area contributed by atoms with E-state index in [0.717, 1.165) is 12.1 Å². The molecule has 1 aromatic heterocycles. The summed E-state index contributed by atoms with van der Waals surface area (Å²) < 4.78 is 0. The van der Waals surface area contributed by atoms with Crippen LogP contribution in [0.2, 0.25) is 0 Å². The van der Waals surface area contributed by atoms with Crippen LogP contribution in [0.3, 0.4) is 0 Å². The minimum absolute atomic E-state index is 0.0128. The maximum Gasteiger partial charge on any atom is 0.354 e. The fourth-order valence-corrected chi connectivity index (χ4v) is 1.35. The van der Waals surface area contributed by atoms with Crippen LogP contribution in [0.15, 0.2) is 18.3 Å². The summed E-state index contributed by atoms with van der Waals surface area (Å²) >= 11 is 0. The van der Waals surface area contributed by atoms with E-state index in [9.17, 15) is 9.59 Å². The van der Waals surface area contributed by atoms with Crippen LogP contribution in [0.4, 0.5) is 4.79 Å². The predicted octanol–water partition coefficient (Wildman–Crippen LogP) is 0.141. The van der Waals surface area contributed by atoms with Crippen molar-refractivity contribution in [1.82, 2.24) is 20.5 Å². The summed E-state index contributed by atoms with van der Waals surface area (Å²) in [6, 6.07) is 2.86. The first-order valence-electron chi connectivity index (χ1n) is 5.86. The Balaban J connectivity index is 2.43. The van der Waals surface area contributed by atoms with Gasteiger partial charge in [0.25, 0.3) is 0 Å². The van der Waals surface area contributed by atoms with Crippen molar-refractivity contribution in [1.29, 1.82) is 0 Å². The fraction of sp³-hybridized carbons (Fsp3) is 0.417. The first-order valence-corrected chi connectivity index (χ1v) is 5.86. The third-order valence-electron chi connectivity index (χ3n) is 2.53. The lowest BCUT2D eigenvalue weighted by Crippen LogP contribution is -2.39. The van der Waals surface area contributed by atoms with Crippen LogP contribution in [-0.4, -0.2) is 54.2 Å². The number of nitrogens with one attached hydrogen (secondary N) is 2. The van der Waals surface area contributed by atoms with Gasteiger partial charge in [-0.2, -0.15) is 0 Å². The van der Waals surface area contributed by atoms with Crippen molar-refractivity contribution in [2.45, 2.75) is 6.54 Å². The zero-order chi connectivity index (χ0) is 14.3. The molecule has 0 aromatic carbocycles. The van der Waals surface area contributed by atoms with Crippen molar-refractivity contribution in [2.75, 3.05) is 27.2 Å². The molecule has 0 aliphatic heterocycles. The molecule has 1 heterocycles. The summed E-state index contributed by atoms with van der Waals surface area (Å²) in [6.07, 6.45) is 1.44. The summed E-state index contributed by atoms with van der Waals surface area (Å²) in [7, 11) is 3.53. The van der Waals surface area contributed by atoms with Crippen molar-refractivity contribution in [2.24, 2.45) is 0 Å². The van der Waals surface area contributed by atoms with Crippen LogP contribution in [0.25, 0.3) is 0 Å². The number of aromatic nitrogens is 1. The fourth-order valence-electron chi connectivity index (χ4n) is 1.35. The zero-order valence-electron chi connectivity index (χ0n) is 11.0. The number of nitrogens with zero attached hydrogens (tertiary/aromatic N) is 2. The number of carbonyl (C=O) groups excluding carboxylic acids is 1. The predicted molar refractivity (Wildman–Crippen MR) is 70.0 cm³/mol. The van der Waals surface area contributed by atoms with E-state index in [-0.39, 0.29) is 11.7 Å². The Hall–Kier alpha value is -2.15. The van der Waals surface area contributed by atoms with Gasteiger partial charge in [0, 0.05) is 32.9 Å². The number of amides is 2. The maximum absolute atomic E-state index is 11.7. The molecular formula is C12H18N4O3. The van der Waals surface area contributed by atoms with Gasteiger partial charge < -0.3 is 20.6 Å². The van der Waals surface area contributed by atoms with Crippen molar-refractivity contribution >= 4 is 12.0 Å². The Morgan fingerprint density at radius 1 is 1.42 bits per heavy atom. The van der Waals surface area contributed by atoms with Crippen LogP contribution >= 0.6 is 0 Å². The number of carboxylic acid groups (broad SMARTS) is 1. The van der Waals surface area contributed by atoms with Gasteiger partial charge in [-0.25, -0.2) is 14.6 Å². The van der Waals surface area contributed by atoms with Gasteiger partial charge in [0.05, 0.1) is 0 Å². The first-order chi connectivity index (χ1) is 9.04. The normalized spacial score (nSPS) is 10.0. The quantitative estimate of drug-likeness (QED) is 0.681. The van der Waals surface area contributed by atoms with E-state index < -0.39 is 5.97 Å². The number of pyridine rings is 1. The van der Waals surface area contributed by atoms with E-state index in [1.807, 2.05) is 7.05 Å². The molecule has 0 radical (unpaired) electrons. The molecule has 0 saturated heterocycles. The second-order valence-electron chi connectivity index (χ2n) is 4.04. The summed E-state index contributed by atoms with van der Waals surface area (Å²) in [5.74, 6) is -1.07. The SMILES string of the molecule is CNCCN(C)C(=O)NCc1ccc(C(=O)O)nc1. The van der Waals surface area contributed by atoms with Crippen molar-refractivity contribution in [3.8, 4) is 0 Å². The average Bonchev–Trinajstić information content (AvgIpc) is 2.42. The first kappa shape index (κ1) is 14.9. The monoisotopic (exact) mass is 266 g/mol. The van der Waals surface area contributed by atoms with Gasteiger partial charge >= 0.3 is 12.0 Å². The molecule has 19 heavy (non-hydrogen) atoms. The molecule has 0 fully saturated rings. The highest BCUT2D eigenvalue weighted by Gasteiger charge is 2.08. The minimum Gasteiger partial charge on any atom is -0.477 e.